The van der Waals surface area contributed by atoms with Crippen LogP contribution in [0.4, 0.5) is 0 Å². The predicted octanol–water partition coefficient (Wildman–Crippen LogP) is 0.336. The minimum atomic E-state index is 0.00928. The first kappa shape index (κ1) is 13.0. The van der Waals surface area contributed by atoms with Gasteiger partial charge in [-0.2, -0.15) is 0 Å². The highest BCUT2D eigenvalue weighted by Gasteiger charge is 2.23. The lowest BCUT2D eigenvalue weighted by atomic mass is 10.1. The Morgan fingerprint density at radius 1 is 1.05 bits per heavy atom. The molecule has 0 amide bonds. The summed E-state index contributed by atoms with van der Waals surface area (Å²) in [5, 5.41) is 11.8. The molecular weight excluding hydrogens is 264 g/mol. The van der Waals surface area contributed by atoms with Crippen molar-refractivity contribution in [1.29, 1.82) is 0 Å². The quantitative estimate of drug-likeness (QED) is 0.349. The maximum Gasteiger partial charge on any atom is 0.170 e. The second kappa shape index (κ2) is 5.56. The highest BCUT2D eigenvalue weighted by molar-refractivity contribution is 5.97. The summed E-state index contributed by atoms with van der Waals surface area (Å²) in [7, 11) is 0. The summed E-state index contributed by atoms with van der Waals surface area (Å²) in [6, 6.07) is 5.19. The normalized spacial score (nSPS) is 20.1. The van der Waals surface area contributed by atoms with Crippen LogP contribution in [0.15, 0.2) is 23.4 Å². The number of nitrogens with two attached hydrogens (primary N) is 1. The van der Waals surface area contributed by atoms with Gasteiger partial charge >= 0.3 is 0 Å². The lowest BCUT2D eigenvalue weighted by Gasteiger charge is -2.29. The van der Waals surface area contributed by atoms with E-state index in [0.29, 0.717) is 43.5 Å². The van der Waals surface area contributed by atoms with Gasteiger partial charge in [0.15, 0.2) is 5.84 Å². The zero-order valence-electron chi connectivity index (χ0n) is 10.8. The van der Waals surface area contributed by atoms with Crippen LogP contribution >= 0.6 is 0 Å². The molecule has 3 rings (SSSR count). The fourth-order valence-corrected chi connectivity index (χ4v) is 1.86. The molecule has 2 aliphatic heterocycles. The number of ether oxygens (including phenoxy) is 4. The van der Waals surface area contributed by atoms with Crippen molar-refractivity contribution in [2.24, 2.45) is 10.9 Å². The van der Waals surface area contributed by atoms with Crippen molar-refractivity contribution in [2.75, 3.05) is 26.4 Å². The number of hydrogen-bond acceptors (Lipinski definition) is 6. The van der Waals surface area contributed by atoms with E-state index in [1.807, 2.05) is 0 Å². The third kappa shape index (κ3) is 2.78. The molecule has 2 aliphatic rings. The van der Waals surface area contributed by atoms with Crippen LogP contribution in [-0.4, -0.2) is 49.7 Å². The molecule has 20 heavy (non-hydrogen) atoms. The van der Waals surface area contributed by atoms with E-state index in [1.165, 1.54) is 0 Å². The van der Waals surface area contributed by atoms with Crippen molar-refractivity contribution < 1.29 is 24.2 Å². The monoisotopic (exact) mass is 280 g/mol. The van der Waals surface area contributed by atoms with Crippen LogP contribution in [0, 0.1) is 0 Å². The topological polar surface area (TPSA) is 95.5 Å². The maximum atomic E-state index is 8.79. The molecule has 0 atom stereocenters. The van der Waals surface area contributed by atoms with Crippen LogP contribution in [0.1, 0.15) is 5.56 Å². The fourth-order valence-electron chi connectivity index (χ4n) is 1.86. The molecule has 2 fully saturated rings. The van der Waals surface area contributed by atoms with E-state index in [2.05, 4.69) is 5.16 Å². The predicted molar refractivity (Wildman–Crippen MR) is 69.4 cm³/mol. The molecule has 7 heteroatoms. The Morgan fingerprint density at radius 3 is 1.90 bits per heavy atom. The van der Waals surface area contributed by atoms with Gasteiger partial charge in [-0.15, -0.1) is 0 Å². The fraction of sp³-hybridized carbons (Fsp3) is 0.462. The smallest absolute Gasteiger partial charge is 0.170 e. The van der Waals surface area contributed by atoms with Gasteiger partial charge < -0.3 is 29.9 Å². The van der Waals surface area contributed by atoms with E-state index in [4.69, 9.17) is 29.9 Å². The second-order valence-corrected chi connectivity index (χ2v) is 4.73. The minimum Gasteiger partial charge on any atom is -0.485 e. The van der Waals surface area contributed by atoms with Gasteiger partial charge in [0.2, 0.25) is 0 Å². The van der Waals surface area contributed by atoms with E-state index in [9.17, 15) is 0 Å². The molecule has 108 valence electrons. The van der Waals surface area contributed by atoms with Crippen molar-refractivity contribution in [1.82, 2.24) is 0 Å². The lowest BCUT2D eigenvalue weighted by Crippen LogP contribution is -2.39. The third-order valence-electron chi connectivity index (χ3n) is 3.10. The first-order chi connectivity index (χ1) is 9.74. The van der Waals surface area contributed by atoms with Crippen molar-refractivity contribution in [3.05, 3.63) is 23.8 Å². The van der Waals surface area contributed by atoms with Gasteiger partial charge in [0, 0.05) is 11.6 Å². The number of nitrogens with zero attached hydrogens (tertiary/aromatic N) is 1. The van der Waals surface area contributed by atoms with Crippen LogP contribution in [0.2, 0.25) is 0 Å². The first-order valence-electron chi connectivity index (χ1n) is 6.36. The minimum absolute atomic E-state index is 0.00928. The SMILES string of the molecule is N/C(=N\O)c1cc(OC2COC2)cc(OC2COC2)c1. The summed E-state index contributed by atoms with van der Waals surface area (Å²) in [5.74, 6) is 1.23. The van der Waals surface area contributed by atoms with Crippen LogP contribution in [0.25, 0.3) is 0 Å². The first-order valence-corrected chi connectivity index (χ1v) is 6.36. The zero-order valence-corrected chi connectivity index (χ0v) is 10.8. The molecule has 1 aromatic carbocycles. The van der Waals surface area contributed by atoms with Crippen LogP contribution in [0.3, 0.4) is 0 Å². The molecule has 1 aromatic rings. The molecule has 7 nitrogen and oxygen atoms in total. The van der Waals surface area contributed by atoms with Gasteiger partial charge in [0.25, 0.3) is 0 Å². The van der Waals surface area contributed by atoms with Crippen molar-refractivity contribution in [3.63, 3.8) is 0 Å². The molecule has 0 unspecified atom stereocenters. The summed E-state index contributed by atoms with van der Waals surface area (Å²) >= 11 is 0. The van der Waals surface area contributed by atoms with Crippen molar-refractivity contribution in [2.45, 2.75) is 12.2 Å². The van der Waals surface area contributed by atoms with Crippen LogP contribution in [-0.2, 0) is 9.47 Å². The second-order valence-electron chi connectivity index (χ2n) is 4.73. The highest BCUT2D eigenvalue weighted by Crippen LogP contribution is 2.26. The van der Waals surface area contributed by atoms with Crippen molar-refractivity contribution >= 4 is 5.84 Å². The Labute approximate surface area is 115 Å². The van der Waals surface area contributed by atoms with Gasteiger partial charge in [-0.3, -0.25) is 0 Å². The molecule has 3 N–H and O–H groups in total. The largest absolute Gasteiger partial charge is 0.485 e. The highest BCUT2D eigenvalue weighted by atomic mass is 16.6. The Kier molecular flexibility index (Phi) is 3.62. The van der Waals surface area contributed by atoms with Gasteiger partial charge in [-0.25, -0.2) is 0 Å². The standard InChI is InChI=1S/C13H16N2O5/c14-13(15-16)8-1-9(19-11-4-17-5-11)3-10(2-8)20-12-6-18-7-12/h1-3,11-12,16H,4-7H2,(H2,14,15). The van der Waals surface area contributed by atoms with Gasteiger partial charge in [0.05, 0.1) is 26.4 Å². The molecule has 2 heterocycles. The summed E-state index contributed by atoms with van der Waals surface area (Å²) in [6.07, 6.45) is 0.0786. The van der Waals surface area contributed by atoms with Crippen LogP contribution in [0.5, 0.6) is 11.5 Å². The summed E-state index contributed by atoms with van der Waals surface area (Å²) < 4.78 is 21.6. The van der Waals surface area contributed by atoms with Gasteiger partial charge in [-0.05, 0) is 12.1 Å². The van der Waals surface area contributed by atoms with E-state index in [1.54, 1.807) is 18.2 Å². The Bertz CT molecular complexity index is 477. The molecule has 0 radical (unpaired) electrons. The van der Waals surface area contributed by atoms with E-state index in [-0.39, 0.29) is 18.0 Å². The Hall–Kier alpha value is -1.99. The number of amidine groups is 1. The number of rotatable bonds is 5. The molecule has 0 bridgehead atoms. The molecule has 0 spiro atoms. The third-order valence-corrected chi connectivity index (χ3v) is 3.10. The lowest BCUT2D eigenvalue weighted by molar-refractivity contribution is -0.0825. The van der Waals surface area contributed by atoms with E-state index in [0.717, 1.165) is 0 Å². The van der Waals surface area contributed by atoms with Crippen molar-refractivity contribution in [3.8, 4) is 11.5 Å². The zero-order chi connectivity index (χ0) is 13.9. The van der Waals surface area contributed by atoms with E-state index < -0.39 is 0 Å². The molecular formula is C13H16N2O5. The number of oxime groups is 1. The number of benzene rings is 1. The molecule has 0 saturated carbocycles. The molecule has 0 aromatic heterocycles. The van der Waals surface area contributed by atoms with E-state index >= 15 is 0 Å². The summed E-state index contributed by atoms with van der Waals surface area (Å²) in [6.45, 7) is 2.28. The molecule has 0 aliphatic carbocycles. The summed E-state index contributed by atoms with van der Waals surface area (Å²) in [5.41, 5.74) is 6.17. The maximum absolute atomic E-state index is 8.79. The van der Waals surface area contributed by atoms with Crippen LogP contribution < -0.4 is 15.2 Å². The van der Waals surface area contributed by atoms with Gasteiger partial charge in [0.1, 0.15) is 23.7 Å². The van der Waals surface area contributed by atoms with Gasteiger partial charge in [-0.1, -0.05) is 5.16 Å². The average Bonchev–Trinajstić information content (AvgIpc) is 2.37. The molecule has 2 saturated heterocycles. The summed E-state index contributed by atoms with van der Waals surface area (Å²) in [4.78, 5) is 0. The Balaban J connectivity index is 1.80. The average molecular weight is 280 g/mol. The Morgan fingerprint density at radius 2 is 1.55 bits per heavy atom. The number of hydrogen-bond donors (Lipinski definition) is 2.